The third-order valence-electron chi connectivity index (χ3n) is 2.45. The maximum absolute atomic E-state index is 11.8. The summed E-state index contributed by atoms with van der Waals surface area (Å²) in [5, 5.41) is 2.65. The molecule has 1 saturated heterocycles. The molecule has 1 aliphatic rings. The first kappa shape index (κ1) is 15.2. The molecule has 2 atom stereocenters. The molecule has 1 rings (SSSR count). The van der Waals surface area contributed by atoms with Crippen LogP contribution in [-0.2, 0) is 19.4 Å². The Bertz CT molecular complexity index is 407. The van der Waals surface area contributed by atoms with Crippen molar-refractivity contribution in [2.45, 2.75) is 31.6 Å². The number of ether oxygens (including phenoxy) is 1. The van der Waals surface area contributed by atoms with E-state index in [9.17, 15) is 26.4 Å². The second kappa shape index (κ2) is 5.43. The van der Waals surface area contributed by atoms with Crippen molar-refractivity contribution in [2.75, 3.05) is 18.1 Å². The molecule has 5 nitrogen and oxygen atoms in total. The fourth-order valence-corrected chi connectivity index (χ4v) is 3.31. The SMILES string of the molecule is CC(NC1CCS(=O)(=O)C1)C(=O)OCC(F)(F)F. The number of halogens is 3. The molecule has 0 saturated carbocycles. The van der Waals surface area contributed by atoms with Crippen LogP contribution in [0.1, 0.15) is 13.3 Å². The summed E-state index contributed by atoms with van der Waals surface area (Å²) in [7, 11) is -3.10. The molecule has 0 bridgehead atoms. The molecule has 0 aromatic carbocycles. The van der Waals surface area contributed by atoms with E-state index in [-0.39, 0.29) is 11.5 Å². The quantitative estimate of drug-likeness (QED) is 0.751. The molecule has 18 heavy (non-hydrogen) atoms. The van der Waals surface area contributed by atoms with Crippen molar-refractivity contribution in [3.05, 3.63) is 0 Å². The summed E-state index contributed by atoms with van der Waals surface area (Å²) in [5.41, 5.74) is 0. The summed E-state index contributed by atoms with van der Waals surface area (Å²) >= 11 is 0. The number of hydrogen-bond donors (Lipinski definition) is 1. The summed E-state index contributed by atoms with van der Waals surface area (Å²) in [5.74, 6) is -1.13. The van der Waals surface area contributed by atoms with Crippen molar-refractivity contribution in [3.8, 4) is 0 Å². The highest BCUT2D eigenvalue weighted by Crippen LogP contribution is 2.15. The molecule has 0 aliphatic carbocycles. The highest BCUT2D eigenvalue weighted by molar-refractivity contribution is 7.91. The Labute approximate surface area is 103 Å². The average molecular weight is 289 g/mol. The molecule has 0 aromatic heterocycles. The van der Waals surface area contributed by atoms with Crippen LogP contribution in [0.15, 0.2) is 0 Å². The van der Waals surface area contributed by atoms with Crippen molar-refractivity contribution >= 4 is 15.8 Å². The molecule has 2 unspecified atom stereocenters. The van der Waals surface area contributed by atoms with Gasteiger partial charge in [-0.05, 0) is 13.3 Å². The maximum Gasteiger partial charge on any atom is 0.422 e. The Morgan fingerprint density at radius 2 is 2.11 bits per heavy atom. The second-order valence-electron chi connectivity index (χ2n) is 4.21. The minimum atomic E-state index is -4.56. The fourth-order valence-electron chi connectivity index (χ4n) is 1.63. The van der Waals surface area contributed by atoms with E-state index in [4.69, 9.17) is 0 Å². The van der Waals surface area contributed by atoms with Crippen LogP contribution in [-0.4, -0.2) is 50.8 Å². The Morgan fingerprint density at radius 3 is 2.56 bits per heavy atom. The van der Waals surface area contributed by atoms with E-state index in [1.54, 1.807) is 0 Å². The van der Waals surface area contributed by atoms with Gasteiger partial charge in [0.2, 0.25) is 0 Å². The maximum atomic E-state index is 11.8. The number of carbonyl (C=O) groups is 1. The Hall–Kier alpha value is -0.830. The second-order valence-corrected chi connectivity index (χ2v) is 6.44. The van der Waals surface area contributed by atoms with Gasteiger partial charge in [-0.1, -0.05) is 0 Å². The number of rotatable bonds is 4. The van der Waals surface area contributed by atoms with E-state index in [1.807, 2.05) is 0 Å². The number of sulfone groups is 1. The van der Waals surface area contributed by atoms with Gasteiger partial charge < -0.3 is 10.1 Å². The standard InChI is InChI=1S/C9H14F3NO4S/c1-6(8(14)17-5-9(10,11)12)13-7-2-3-18(15,16)4-7/h6-7,13H,2-5H2,1H3. The topological polar surface area (TPSA) is 72.5 Å². The number of esters is 1. The minimum Gasteiger partial charge on any atom is -0.455 e. The van der Waals surface area contributed by atoms with E-state index < -0.39 is 40.7 Å². The molecule has 0 amide bonds. The van der Waals surface area contributed by atoms with E-state index >= 15 is 0 Å². The number of nitrogens with one attached hydrogen (secondary N) is 1. The van der Waals surface area contributed by atoms with Crippen molar-refractivity contribution < 1.29 is 31.1 Å². The highest BCUT2D eigenvalue weighted by atomic mass is 32.2. The van der Waals surface area contributed by atoms with Gasteiger partial charge >= 0.3 is 12.1 Å². The first-order chi connectivity index (χ1) is 8.09. The van der Waals surface area contributed by atoms with Gasteiger partial charge in [0, 0.05) is 6.04 Å². The van der Waals surface area contributed by atoms with E-state index in [1.165, 1.54) is 6.92 Å². The zero-order valence-electron chi connectivity index (χ0n) is 9.66. The van der Waals surface area contributed by atoms with Gasteiger partial charge in [-0.25, -0.2) is 8.42 Å². The lowest BCUT2D eigenvalue weighted by molar-refractivity contribution is -0.187. The summed E-state index contributed by atoms with van der Waals surface area (Å²) < 4.78 is 61.8. The monoisotopic (exact) mass is 289 g/mol. The van der Waals surface area contributed by atoms with Gasteiger partial charge in [0.25, 0.3) is 0 Å². The molecule has 0 radical (unpaired) electrons. The smallest absolute Gasteiger partial charge is 0.422 e. The summed E-state index contributed by atoms with van der Waals surface area (Å²) in [6.45, 7) is -0.301. The molecule has 1 N–H and O–H groups in total. The van der Waals surface area contributed by atoms with Crippen LogP contribution in [0.2, 0.25) is 0 Å². The van der Waals surface area contributed by atoms with E-state index in [0.717, 1.165) is 0 Å². The third-order valence-corrected chi connectivity index (χ3v) is 4.22. The Balaban J connectivity index is 2.37. The summed E-state index contributed by atoms with van der Waals surface area (Å²) in [6, 6.07) is -1.38. The minimum absolute atomic E-state index is 0.0228. The van der Waals surface area contributed by atoms with Crippen molar-refractivity contribution in [1.29, 1.82) is 0 Å². The predicted octanol–water partition coefficient (Wildman–Crippen LogP) is 0.257. The largest absolute Gasteiger partial charge is 0.455 e. The Kier molecular flexibility index (Phi) is 4.60. The van der Waals surface area contributed by atoms with Crippen molar-refractivity contribution in [2.24, 2.45) is 0 Å². The van der Waals surface area contributed by atoms with Crippen LogP contribution in [0.4, 0.5) is 13.2 Å². The lowest BCUT2D eigenvalue weighted by Gasteiger charge is -2.17. The zero-order valence-corrected chi connectivity index (χ0v) is 10.5. The number of alkyl halides is 3. The van der Waals surface area contributed by atoms with Gasteiger partial charge in [0.15, 0.2) is 16.4 Å². The predicted molar refractivity (Wildman–Crippen MR) is 56.7 cm³/mol. The van der Waals surface area contributed by atoms with Gasteiger partial charge in [-0.2, -0.15) is 13.2 Å². The number of carbonyl (C=O) groups excluding carboxylic acids is 1. The van der Waals surface area contributed by atoms with Crippen LogP contribution >= 0.6 is 0 Å². The molecule has 106 valence electrons. The van der Waals surface area contributed by atoms with Crippen molar-refractivity contribution in [1.82, 2.24) is 5.32 Å². The van der Waals surface area contributed by atoms with Crippen LogP contribution in [0.25, 0.3) is 0 Å². The fraction of sp³-hybridized carbons (Fsp3) is 0.889. The van der Waals surface area contributed by atoms with Gasteiger partial charge in [-0.3, -0.25) is 4.79 Å². The Morgan fingerprint density at radius 1 is 1.50 bits per heavy atom. The van der Waals surface area contributed by atoms with Crippen LogP contribution in [0.5, 0.6) is 0 Å². The first-order valence-electron chi connectivity index (χ1n) is 5.29. The zero-order chi connectivity index (χ0) is 14.0. The normalized spacial score (nSPS) is 24.8. The van der Waals surface area contributed by atoms with Crippen molar-refractivity contribution in [3.63, 3.8) is 0 Å². The molecular formula is C9H14F3NO4S. The van der Waals surface area contributed by atoms with E-state index in [0.29, 0.717) is 6.42 Å². The van der Waals surface area contributed by atoms with Gasteiger partial charge in [0.05, 0.1) is 11.5 Å². The van der Waals surface area contributed by atoms with Crippen LogP contribution in [0.3, 0.4) is 0 Å². The lowest BCUT2D eigenvalue weighted by Crippen LogP contribution is -2.43. The lowest BCUT2D eigenvalue weighted by atomic mass is 10.2. The van der Waals surface area contributed by atoms with E-state index in [2.05, 4.69) is 10.1 Å². The number of hydrogen-bond acceptors (Lipinski definition) is 5. The molecule has 9 heteroatoms. The van der Waals surface area contributed by atoms with Crippen LogP contribution in [0, 0.1) is 0 Å². The highest BCUT2D eigenvalue weighted by Gasteiger charge is 2.33. The van der Waals surface area contributed by atoms with Gasteiger partial charge in [0.1, 0.15) is 6.04 Å². The average Bonchev–Trinajstić information content (AvgIpc) is 2.53. The molecule has 1 aliphatic heterocycles. The third kappa shape index (κ3) is 5.21. The van der Waals surface area contributed by atoms with Crippen LogP contribution < -0.4 is 5.32 Å². The summed E-state index contributed by atoms with van der Waals surface area (Å²) in [4.78, 5) is 11.2. The molecule has 0 spiro atoms. The first-order valence-corrected chi connectivity index (χ1v) is 7.11. The molecule has 1 heterocycles. The molecule has 1 fully saturated rings. The summed E-state index contributed by atoms with van der Waals surface area (Å²) in [6.07, 6.45) is -4.22. The molecule has 0 aromatic rings. The molecular weight excluding hydrogens is 275 g/mol. The van der Waals surface area contributed by atoms with Gasteiger partial charge in [-0.15, -0.1) is 0 Å².